The molecule has 2 aliphatic carbocycles. The first-order chi connectivity index (χ1) is 9.14. The Morgan fingerprint density at radius 2 is 2.37 bits per heavy atom. The lowest BCUT2D eigenvalue weighted by Crippen LogP contribution is -2.45. The maximum Gasteiger partial charge on any atom is 0.323 e. The number of piperidine rings is 1. The van der Waals surface area contributed by atoms with Gasteiger partial charge in [0.1, 0.15) is 0 Å². The molecule has 1 saturated heterocycles. The van der Waals surface area contributed by atoms with Crippen LogP contribution in [-0.4, -0.2) is 39.7 Å². The Morgan fingerprint density at radius 1 is 1.53 bits per heavy atom. The average Bonchev–Trinajstić information content (AvgIpc) is 3.28. The minimum atomic E-state index is -0.600. The van der Waals surface area contributed by atoms with Crippen LogP contribution in [0, 0.1) is 5.92 Å². The van der Waals surface area contributed by atoms with Crippen LogP contribution in [-0.2, 0) is 0 Å². The number of hydrogen-bond acceptors (Lipinski definition) is 4. The fourth-order valence-electron chi connectivity index (χ4n) is 2.91. The lowest BCUT2D eigenvalue weighted by Gasteiger charge is -2.29. The van der Waals surface area contributed by atoms with Crippen molar-refractivity contribution in [1.29, 1.82) is 0 Å². The zero-order valence-corrected chi connectivity index (χ0v) is 11.4. The van der Waals surface area contributed by atoms with Gasteiger partial charge in [-0.1, -0.05) is 0 Å². The Morgan fingerprint density at radius 3 is 3.11 bits per heavy atom. The first kappa shape index (κ1) is 11.7. The number of carbonyl (C=O) groups excluding carboxylic acids is 1. The van der Waals surface area contributed by atoms with Gasteiger partial charge in [-0.2, -0.15) is 0 Å². The molecule has 2 N–H and O–H groups in total. The zero-order valence-electron chi connectivity index (χ0n) is 10.6. The van der Waals surface area contributed by atoms with Crippen molar-refractivity contribution in [2.75, 3.05) is 18.4 Å². The summed E-state index contributed by atoms with van der Waals surface area (Å²) in [6, 6.07) is -0.129. The van der Waals surface area contributed by atoms with E-state index in [0.717, 1.165) is 25.1 Å². The molecule has 2 atom stereocenters. The predicted molar refractivity (Wildman–Crippen MR) is 72.4 cm³/mol. The van der Waals surface area contributed by atoms with E-state index in [1.165, 1.54) is 24.2 Å². The molecule has 2 amide bonds. The minimum absolute atomic E-state index is 0.129. The van der Waals surface area contributed by atoms with Crippen LogP contribution in [0.3, 0.4) is 0 Å². The monoisotopic (exact) mass is 279 g/mol. The van der Waals surface area contributed by atoms with Crippen LogP contribution in [0.4, 0.5) is 9.93 Å². The molecule has 2 heterocycles. The number of aromatic nitrogens is 1. The molecule has 0 bridgehead atoms. The Balaban J connectivity index is 1.39. The van der Waals surface area contributed by atoms with Gasteiger partial charge in [0.25, 0.3) is 0 Å². The molecule has 1 aromatic rings. The zero-order chi connectivity index (χ0) is 13.0. The van der Waals surface area contributed by atoms with E-state index in [2.05, 4.69) is 10.3 Å². The van der Waals surface area contributed by atoms with Crippen molar-refractivity contribution in [2.45, 2.75) is 37.2 Å². The molecule has 0 unspecified atom stereocenters. The van der Waals surface area contributed by atoms with Crippen molar-refractivity contribution >= 4 is 22.5 Å². The summed E-state index contributed by atoms with van der Waals surface area (Å²) in [5.74, 6) is 1.03. The SMILES string of the molecule is O=C(Nc1nc(C2CC2)cs1)N1CC[C@@H]2C[C@]2(O)C1. The van der Waals surface area contributed by atoms with Crippen molar-refractivity contribution in [3.63, 3.8) is 0 Å². The van der Waals surface area contributed by atoms with Crippen LogP contribution in [0.25, 0.3) is 0 Å². The third kappa shape index (κ3) is 2.12. The second-order valence-corrected chi connectivity index (χ2v) is 6.85. The highest BCUT2D eigenvalue weighted by Gasteiger charge is 2.56. The number of amides is 2. The third-order valence-corrected chi connectivity index (χ3v) is 5.21. The fourth-order valence-corrected chi connectivity index (χ4v) is 3.69. The summed E-state index contributed by atoms with van der Waals surface area (Å²) in [5.41, 5.74) is 0.511. The molecule has 2 saturated carbocycles. The quantitative estimate of drug-likeness (QED) is 0.870. The summed E-state index contributed by atoms with van der Waals surface area (Å²) in [6.07, 6.45) is 4.20. The van der Waals surface area contributed by atoms with Gasteiger partial charge in [0, 0.05) is 17.8 Å². The largest absolute Gasteiger partial charge is 0.388 e. The smallest absolute Gasteiger partial charge is 0.323 e. The van der Waals surface area contributed by atoms with Crippen LogP contribution in [0.5, 0.6) is 0 Å². The van der Waals surface area contributed by atoms with E-state index in [1.54, 1.807) is 4.90 Å². The van der Waals surface area contributed by atoms with Crippen LogP contribution < -0.4 is 5.32 Å². The third-order valence-electron chi connectivity index (χ3n) is 4.43. The molecule has 0 radical (unpaired) electrons. The van der Waals surface area contributed by atoms with Gasteiger partial charge in [0.15, 0.2) is 5.13 Å². The van der Waals surface area contributed by atoms with E-state index >= 15 is 0 Å². The number of nitrogens with one attached hydrogen (secondary N) is 1. The molecule has 3 fully saturated rings. The van der Waals surface area contributed by atoms with Gasteiger partial charge in [-0.3, -0.25) is 5.32 Å². The number of rotatable bonds is 2. The van der Waals surface area contributed by atoms with Crippen molar-refractivity contribution in [2.24, 2.45) is 5.92 Å². The molecule has 0 aromatic carbocycles. The van der Waals surface area contributed by atoms with Crippen molar-refractivity contribution < 1.29 is 9.90 Å². The topological polar surface area (TPSA) is 65.5 Å². The fraction of sp³-hybridized carbons (Fsp3) is 0.692. The molecule has 1 aliphatic heterocycles. The van der Waals surface area contributed by atoms with E-state index in [9.17, 15) is 9.90 Å². The number of β-amino-alcohol motifs (C(OH)–C–C–N with tert-alkyl or cyclic N) is 1. The summed E-state index contributed by atoms with van der Waals surface area (Å²) in [5, 5.41) is 15.7. The molecule has 1 aromatic heterocycles. The first-order valence-electron chi connectivity index (χ1n) is 6.88. The van der Waals surface area contributed by atoms with Crippen molar-refractivity contribution in [1.82, 2.24) is 9.88 Å². The standard InChI is InChI=1S/C13H17N3O2S/c17-12(16-4-3-9-5-13(9,18)7-16)15-11-14-10(6-19-11)8-1-2-8/h6,8-9,18H,1-5,7H2,(H,14,15,17)/t9-,13+/m1/s1. The highest BCUT2D eigenvalue weighted by Crippen LogP contribution is 2.49. The van der Waals surface area contributed by atoms with Gasteiger partial charge in [0.05, 0.1) is 17.8 Å². The maximum absolute atomic E-state index is 12.1. The van der Waals surface area contributed by atoms with Crippen LogP contribution in [0.1, 0.15) is 37.3 Å². The molecule has 5 nitrogen and oxygen atoms in total. The summed E-state index contributed by atoms with van der Waals surface area (Å²) < 4.78 is 0. The molecule has 0 spiro atoms. The average molecular weight is 279 g/mol. The minimum Gasteiger partial charge on any atom is -0.388 e. The molecule has 4 rings (SSSR count). The van der Waals surface area contributed by atoms with Gasteiger partial charge >= 0.3 is 6.03 Å². The summed E-state index contributed by atoms with van der Waals surface area (Å²) >= 11 is 1.49. The van der Waals surface area contributed by atoms with E-state index in [-0.39, 0.29) is 6.03 Å². The van der Waals surface area contributed by atoms with Gasteiger partial charge < -0.3 is 10.0 Å². The predicted octanol–water partition coefficient (Wildman–Crippen LogP) is 2.01. The van der Waals surface area contributed by atoms with Crippen LogP contribution >= 0.6 is 11.3 Å². The van der Waals surface area contributed by atoms with E-state index < -0.39 is 5.60 Å². The lowest BCUT2D eigenvalue weighted by atomic mass is 10.1. The number of carbonyl (C=O) groups is 1. The molecular weight excluding hydrogens is 262 g/mol. The number of nitrogens with zero attached hydrogens (tertiary/aromatic N) is 2. The van der Waals surface area contributed by atoms with E-state index in [4.69, 9.17) is 0 Å². The number of likely N-dealkylation sites (tertiary alicyclic amines) is 1. The number of hydrogen-bond donors (Lipinski definition) is 2. The Bertz CT molecular complexity index is 528. The second-order valence-electron chi connectivity index (χ2n) is 6.00. The molecular formula is C13H17N3O2S. The summed E-state index contributed by atoms with van der Waals surface area (Å²) in [7, 11) is 0. The number of anilines is 1. The van der Waals surface area contributed by atoms with Gasteiger partial charge in [-0.15, -0.1) is 11.3 Å². The number of aliphatic hydroxyl groups is 1. The Hall–Kier alpha value is -1.14. The second kappa shape index (κ2) is 3.93. The highest BCUT2D eigenvalue weighted by molar-refractivity contribution is 7.13. The first-order valence-corrected chi connectivity index (χ1v) is 7.76. The number of thiazole rings is 1. The molecule has 102 valence electrons. The van der Waals surface area contributed by atoms with E-state index in [1.807, 2.05) is 5.38 Å². The van der Waals surface area contributed by atoms with Gasteiger partial charge in [-0.25, -0.2) is 9.78 Å². The van der Waals surface area contributed by atoms with Crippen LogP contribution in [0.15, 0.2) is 5.38 Å². The van der Waals surface area contributed by atoms with Gasteiger partial charge in [-0.05, 0) is 31.6 Å². The van der Waals surface area contributed by atoms with Crippen LogP contribution in [0.2, 0.25) is 0 Å². The van der Waals surface area contributed by atoms with Gasteiger partial charge in [0.2, 0.25) is 0 Å². The molecule has 19 heavy (non-hydrogen) atoms. The number of fused-ring (bicyclic) bond motifs is 1. The molecule has 6 heteroatoms. The lowest BCUT2D eigenvalue weighted by molar-refractivity contribution is 0.0672. The highest BCUT2D eigenvalue weighted by atomic mass is 32.1. The Kier molecular flexibility index (Phi) is 2.41. The normalized spacial score (nSPS) is 32.9. The van der Waals surface area contributed by atoms with Crippen molar-refractivity contribution in [3.8, 4) is 0 Å². The summed E-state index contributed by atoms with van der Waals surface area (Å²) in [6.45, 7) is 1.20. The Labute approximate surface area is 115 Å². The summed E-state index contributed by atoms with van der Waals surface area (Å²) in [4.78, 5) is 18.3. The number of urea groups is 1. The van der Waals surface area contributed by atoms with Crippen molar-refractivity contribution in [3.05, 3.63) is 11.1 Å². The maximum atomic E-state index is 12.1. The molecule has 3 aliphatic rings. The van der Waals surface area contributed by atoms with E-state index in [0.29, 0.717) is 23.5 Å².